The maximum atomic E-state index is 12.8. The summed E-state index contributed by atoms with van der Waals surface area (Å²) >= 11 is 0. The molecular formula is C19H16N2O3. The molecule has 0 fully saturated rings. The fraction of sp³-hybridized carbons (Fsp3) is 0.263. The molecule has 1 amide bonds. The van der Waals surface area contributed by atoms with Gasteiger partial charge in [0.05, 0.1) is 11.4 Å². The molecule has 120 valence electrons. The fourth-order valence-corrected chi connectivity index (χ4v) is 3.63. The fourth-order valence-electron chi connectivity index (χ4n) is 3.63. The Kier molecular flexibility index (Phi) is 2.89. The van der Waals surface area contributed by atoms with Gasteiger partial charge in [-0.05, 0) is 30.5 Å². The van der Waals surface area contributed by atoms with Gasteiger partial charge in [0.1, 0.15) is 18.9 Å². The highest BCUT2D eigenvalue weighted by atomic mass is 16.6. The Morgan fingerprint density at radius 3 is 2.83 bits per heavy atom. The minimum absolute atomic E-state index is 0.00737. The molecule has 0 aromatic heterocycles. The zero-order chi connectivity index (χ0) is 16.1. The van der Waals surface area contributed by atoms with E-state index >= 15 is 0 Å². The van der Waals surface area contributed by atoms with E-state index in [0.29, 0.717) is 30.4 Å². The van der Waals surface area contributed by atoms with Crippen LogP contribution in [-0.2, 0) is 11.2 Å². The van der Waals surface area contributed by atoms with E-state index in [9.17, 15) is 4.79 Å². The summed E-state index contributed by atoms with van der Waals surface area (Å²) in [6.45, 7) is 1.86. The molecule has 2 aromatic carbocycles. The Morgan fingerprint density at radius 2 is 1.92 bits per heavy atom. The molecule has 3 heterocycles. The van der Waals surface area contributed by atoms with Crippen molar-refractivity contribution < 1.29 is 14.3 Å². The standard InChI is InChI=1S/C19H16N2O3/c22-19-17(14-5-1-3-12-4-2-8-21(19)18(12)14)20-13-6-7-15-16(11-13)24-10-9-23-15/h1,3,5-7,11H,2,4,8-10H2. The lowest BCUT2D eigenvalue weighted by atomic mass is 10.00. The van der Waals surface area contributed by atoms with Crippen LogP contribution in [0.5, 0.6) is 11.5 Å². The molecular weight excluding hydrogens is 304 g/mol. The maximum Gasteiger partial charge on any atom is 0.277 e. The quantitative estimate of drug-likeness (QED) is 0.812. The van der Waals surface area contributed by atoms with Gasteiger partial charge >= 0.3 is 0 Å². The van der Waals surface area contributed by atoms with Crippen molar-refractivity contribution in [3.05, 3.63) is 47.5 Å². The summed E-state index contributed by atoms with van der Waals surface area (Å²) < 4.78 is 11.1. The molecule has 5 heteroatoms. The number of nitrogens with zero attached hydrogens (tertiary/aromatic N) is 2. The number of rotatable bonds is 1. The lowest BCUT2D eigenvalue weighted by Crippen LogP contribution is -2.33. The smallest absolute Gasteiger partial charge is 0.277 e. The number of benzene rings is 2. The Labute approximate surface area is 139 Å². The van der Waals surface area contributed by atoms with Gasteiger partial charge in [-0.2, -0.15) is 0 Å². The number of hydrogen-bond acceptors (Lipinski definition) is 4. The van der Waals surface area contributed by atoms with E-state index in [1.807, 2.05) is 35.2 Å². The normalized spacial score (nSPS) is 19.6. The predicted octanol–water partition coefficient (Wildman–Crippen LogP) is 2.87. The monoisotopic (exact) mass is 320 g/mol. The first-order valence-electron chi connectivity index (χ1n) is 8.24. The summed E-state index contributed by atoms with van der Waals surface area (Å²) in [6.07, 6.45) is 2.02. The van der Waals surface area contributed by atoms with Crippen LogP contribution < -0.4 is 14.4 Å². The van der Waals surface area contributed by atoms with E-state index in [1.54, 1.807) is 0 Å². The second-order valence-corrected chi connectivity index (χ2v) is 6.16. The predicted molar refractivity (Wildman–Crippen MR) is 90.7 cm³/mol. The first kappa shape index (κ1) is 13.6. The molecule has 5 rings (SSSR count). The van der Waals surface area contributed by atoms with Crippen LogP contribution in [0.3, 0.4) is 0 Å². The van der Waals surface area contributed by atoms with Gasteiger partial charge in [0, 0.05) is 18.2 Å². The molecule has 3 aliphatic heterocycles. The number of ether oxygens (including phenoxy) is 2. The van der Waals surface area contributed by atoms with E-state index in [1.165, 1.54) is 5.56 Å². The number of fused-ring (bicyclic) bond motifs is 1. The van der Waals surface area contributed by atoms with Gasteiger partial charge in [0.25, 0.3) is 5.91 Å². The largest absolute Gasteiger partial charge is 0.486 e. The number of aliphatic imine (C=N–C) groups is 1. The second kappa shape index (κ2) is 5.09. The third-order valence-corrected chi connectivity index (χ3v) is 4.69. The number of amides is 1. The van der Waals surface area contributed by atoms with E-state index in [0.717, 1.165) is 36.4 Å². The van der Waals surface area contributed by atoms with Gasteiger partial charge in [-0.1, -0.05) is 18.2 Å². The van der Waals surface area contributed by atoms with Gasteiger partial charge in [0.15, 0.2) is 11.5 Å². The number of carbonyl (C=O) groups is 1. The Hall–Kier alpha value is -2.82. The first-order chi connectivity index (χ1) is 11.8. The summed E-state index contributed by atoms with van der Waals surface area (Å²) in [4.78, 5) is 19.3. The van der Waals surface area contributed by atoms with Gasteiger partial charge in [-0.15, -0.1) is 0 Å². The number of para-hydroxylation sites is 1. The lowest BCUT2D eigenvalue weighted by molar-refractivity contribution is -0.112. The van der Waals surface area contributed by atoms with Crippen LogP contribution in [0, 0.1) is 0 Å². The van der Waals surface area contributed by atoms with Crippen LogP contribution >= 0.6 is 0 Å². The topological polar surface area (TPSA) is 51.1 Å². The molecule has 5 nitrogen and oxygen atoms in total. The minimum Gasteiger partial charge on any atom is -0.486 e. The summed E-state index contributed by atoms with van der Waals surface area (Å²) in [5, 5.41) is 0. The molecule has 0 spiro atoms. The molecule has 0 radical (unpaired) electrons. The third-order valence-electron chi connectivity index (χ3n) is 4.69. The van der Waals surface area contributed by atoms with Crippen molar-refractivity contribution in [2.45, 2.75) is 12.8 Å². The van der Waals surface area contributed by atoms with Crippen molar-refractivity contribution in [3.63, 3.8) is 0 Å². The molecule has 0 atom stereocenters. The van der Waals surface area contributed by atoms with Crippen molar-refractivity contribution in [3.8, 4) is 11.5 Å². The molecule has 0 saturated heterocycles. The van der Waals surface area contributed by atoms with Gasteiger partial charge in [0.2, 0.25) is 0 Å². The van der Waals surface area contributed by atoms with Crippen molar-refractivity contribution >= 4 is 23.0 Å². The zero-order valence-electron chi connectivity index (χ0n) is 13.1. The molecule has 0 bridgehead atoms. The van der Waals surface area contributed by atoms with Crippen LogP contribution in [0.2, 0.25) is 0 Å². The summed E-state index contributed by atoms with van der Waals surface area (Å²) in [6, 6.07) is 11.6. The number of carbonyl (C=O) groups excluding carboxylic acids is 1. The molecule has 2 aromatic rings. The molecule has 24 heavy (non-hydrogen) atoms. The molecule has 0 aliphatic carbocycles. The molecule has 3 aliphatic rings. The maximum absolute atomic E-state index is 12.8. The van der Waals surface area contributed by atoms with Gasteiger partial charge in [-0.25, -0.2) is 4.99 Å². The van der Waals surface area contributed by atoms with Crippen LogP contribution in [0.4, 0.5) is 11.4 Å². The highest BCUT2D eigenvalue weighted by Crippen LogP contribution is 2.39. The first-order valence-corrected chi connectivity index (χ1v) is 8.24. The minimum atomic E-state index is -0.00737. The van der Waals surface area contributed by atoms with Crippen LogP contribution in [0.25, 0.3) is 0 Å². The molecule has 0 N–H and O–H groups in total. The van der Waals surface area contributed by atoms with Crippen LogP contribution in [0.1, 0.15) is 17.5 Å². The summed E-state index contributed by atoms with van der Waals surface area (Å²) in [7, 11) is 0. The van der Waals surface area contributed by atoms with Crippen LogP contribution in [-0.4, -0.2) is 31.4 Å². The van der Waals surface area contributed by atoms with Crippen molar-refractivity contribution in [2.24, 2.45) is 4.99 Å². The highest BCUT2D eigenvalue weighted by molar-refractivity contribution is 6.55. The summed E-state index contributed by atoms with van der Waals surface area (Å²) in [5.74, 6) is 1.40. The number of hydrogen-bond donors (Lipinski definition) is 0. The van der Waals surface area contributed by atoms with Crippen molar-refractivity contribution in [1.29, 1.82) is 0 Å². The van der Waals surface area contributed by atoms with Gasteiger partial charge in [-0.3, -0.25) is 4.79 Å². The number of aryl methyl sites for hydroxylation is 1. The van der Waals surface area contributed by atoms with Crippen molar-refractivity contribution in [1.82, 2.24) is 0 Å². The SMILES string of the molecule is O=C1C(=Nc2ccc3c(c2)OCCO3)c2cccc3c2N1CCC3. The van der Waals surface area contributed by atoms with E-state index in [4.69, 9.17) is 9.47 Å². The number of anilines is 1. The van der Waals surface area contributed by atoms with E-state index in [-0.39, 0.29) is 5.91 Å². The van der Waals surface area contributed by atoms with E-state index < -0.39 is 0 Å². The molecule has 0 unspecified atom stereocenters. The van der Waals surface area contributed by atoms with Crippen molar-refractivity contribution in [2.75, 3.05) is 24.7 Å². The average Bonchev–Trinajstić information content (AvgIpc) is 2.90. The molecule has 0 saturated carbocycles. The van der Waals surface area contributed by atoms with E-state index in [2.05, 4.69) is 11.1 Å². The van der Waals surface area contributed by atoms with Gasteiger partial charge < -0.3 is 14.4 Å². The summed E-state index contributed by atoms with van der Waals surface area (Å²) in [5.41, 5.74) is 4.45. The highest BCUT2D eigenvalue weighted by Gasteiger charge is 2.37. The second-order valence-electron chi connectivity index (χ2n) is 6.16. The average molecular weight is 320 g/mol. The third kappa shape index (κ3) is 1.94. The zero-order valence-corrected chi connectivity index (χ0v) is 13.1. The Bertz CT molecular complexity index is 888. The Balaban J connectivity index is 1.61. The lowest BCUT2D eigenvalue weighted by Gasteiger charge is -2.24. The van der Waals surface area contributed by atoms with Crippen LogP contribution in [0.15, 0.2) is 41.4 Å². The Morgan fingerprint density at radius 1 is 1.04 bits per heavy atom.